The normalized spacial score (nSPS) is 12.3. The Morgan fingerprint density at radius 3 is 2.14 bits per heavy atom. The van der Waals surface area contributed by atoms with Crippen LogP contribution < -0.4 is 5.32 Å². The molecule has 7 nitrogen and oxygen atoms in total. The van der Waals surface area contributed by atoms with Gasteiger partial charge in [-0.25, -0.2) is 8.42 Å². The van der Waals surface area contributed by atoms with Crippen molar-refractivity contribution < 1.29 is 18.0 Å². The van der Waals surface area contributed by atoms with Gasteiger partial charge in [0.15, 0.2) is 0 Å². The van der Waals surface area contributed by atoms with E-state index in [4.69, 9.17) is 34.8 Å². The molecule has 0 saturated carbocycles. The van der Waals surface area contributed by atoms with Gasteiger partial charge in [-0.1, -0.05) is 71.2 Å². The van der Waals surface area contributed by atoms with E-state index in [1.165, 1.54) is 43.3 Å². The van der Waals surface area contributed by atoms with E-state index in [0.717, 1.165) is 9.87 Å². The highest BCUT2D eigenvalue weighted by Gasteiger charge is 2.33. The fraction of sp³-hybridized carbons (Fsp3) is 0.231. The topological polar surface area (TPSA) is 86.8 Å². The number of carbonyl (C=O) groups is 2. The molecule has 0 fully saturated rings. The Kier molecular flexibility index (Phi) is 9.98. The van der Waals surface area contributed by atoms with Gasteiger partial charge in [0.05, 0.1) is 11.4 Å². The van der Waals surface area contributed by atoms with Crippen molar-refractivity contribution in [2.45, 2.75) is 23.9 Å². The second-order valence-corrected chi connectivity index (χ2v) is 11.6. The largest absolute Gasteiger partial charge is 0.357 e. The molecule has 37 heavy (non-hydrogen) atoms. The summed E-state index contributed by atoms with van der Waals surface area (Å²) in [4.78, 5) is 28.0. The van der Waals surface area contributed by atoms with Crippen molar-refractivity contribution in [3.8, 4) is 0 Å². The van der Waals surface area contributed by atoms with E-state index >= 15 is 0 Å². The number of nitrogens with zero attached hydrogens (tertiary/aromatic N) is 2. The van der Waals surface area contributed by atoms with Crippen LogP contribution in [0.2, 0.25) is 15.1 Å². The van der Waals surface area contributed by atoms with Gasteiger partial charge in [-0.05, 0) is 47.5 Å². The van der Waals surface area contributed by atoms with E-state index in [-0.39, 0.29) is 17.9 Å². The van der Waals surface area contributed by atoms with Crippen LogP contribution in [0.5, 0.6) is 0 Å². The van der Waals surface area contributed by atoms with E-state index < -0.39 is 34.4 Å². The van der Waals surface area contributed by atoms with E-state index in [2.05, 4.69) is 5.32 Å². The molecule has 0 aromatic heterocycles. The third kappa shape index (κ3) is 7.46. The zero-order chi connectivity index (χ0) is 27.2. The van der Waals surface area contributed by atoms with Gasteiger partial charge in [0.25, 0.3) is 0 Å². The molecule has 11 heteroatoms. The maximum Gasteiger partial charge on any atom is 0.243 e. The summed E-state index contributed by atoms with van der Waals surface area (Å²) in [6.07, 6.45) is 0.213. The standard InChI is InChI=1S/C26H26Cl3N3O4S/c1-30-26(34)24(14-18-6-4-3-5-7-18)32(16-19-8-9-21(28)15-23(19)29)25(33)17-31(2)37(35,36)22-12-10-20(27)11-13-22/h3-13,15,24H,14,16-17H2,1-2H3,(H,30,34). The highest BCUT2D eigenvalue weighted by Crippen LogP contribution is 2.25. The van der Waals surface area contributed by atoms with Crippen molar-refractivity contribution in [3.05, 3.63) is 99.0 Å². The molecule has 0 spiro atoms. The van der Waals surface area contributed by atoms with E-state index in [1.807, 2.05) is 30.3 Å². The molecule has 196 valence electrons. The maximum atomic E-state index is 13.7. The van der Waals surface area contributed by atoms with Gasteiger partial charge in [-0.3, -0.25) is 9.59 Å². The summed E-state index contributed by atoms with van der Waals surface area (Å²) in [7, 11) is -1.21. The molecule has 1 N–H and O–H groups in total. The quantitative estimate of drug-likeness (QED) is 0.377. The van der Waals surface area contributed by atoms with Crippen LogP contribution in [0, 0.1) is 0 Å². The summed E-state index contributed by atoms with van der Waals surface area (Å²) >= 11 is 18.3. The molecule has 1 unspecified atom stereocenters. The number of hydrogen-bond donors (Lipinski definition) is 1. The number of hydrogen-bond acceptors (Lipinski definition) is 4. The lowest BCUT2D eigenvalue weighted by Gasteiger charge is -2.32. The molecule has 0 radical (unpaired) electrons. The number of likely N-dealkylation sites (N-methyl/N-ethyl adjacent to an activating group) is 2. The number of benzene rings is 3. The van der Waals surface area contributed by atoms with Gasteiger partial charge in [0.2, 0.25) is 21.8 Å². The van der Waals surface area contributed by atoms with Gasteiger partial charge in [0.1, 0.15) is 6.04 Å². The molecule has 0 aliphatic heterocycles. The first-order valence-corrected chi connectivity index (χ1v) is 13.8. The lowest BCUT2D eigenvalue weighted by molar-refractivity contribution is -0.141. The van der Waals surface area contributed by atoms with Crippen molar-refractivity contribution in [2.75, 3.05) is 20.6 Å². The van der Waals surface area contributed by atoms with Crippen LogP contribution in [0.1, 0.15) is 11.1 Å². The average molecular weight is 583 g/mol. The molecule has 0 saturated heterocycles. The predicted octanol–water partition coefficient (Wildman–Crippen LogP) is 4.65. The minimum atomic E-state index is -4.00. The Morgan fingerprint density at radius 1 is 0.919 bits per heavy atom. The lowest BCUT2D eigenvalue weighted by atomic mass is 10.0. The molecule has 2 amide bonds. The van der Waals surface area contributed by atoms with Crippen molar-refractivity contribution in [2.24, 2.45) is 0 Å². The summed E-state index contributed by atoms with van der Waals surface area (Å²) in [5.41, 5.74) is 1.39. The SMILES string of the molecule is CNC(=O)C(Cc1ccccc1)N(Cc1ccc(Cl)cc1Cl)C(=O)CN(C)S(=O)(=O)c1ccc(Cl)cc1. The van der Waals surface area contributed by atoms with Crippen molar-refractivity contribution in [1.82, 2.24) is 14.5 Å². The number of carbonyl (C=O) groups excluding carboxylic acids is 2. The third-order valence-corrected chi connectivity index (χ3v) is 8.41. The van der Waals surface area contributed by atoms with E-state index in [0.29, 0.717) is 20.6 Å². The molecule has 3 aromatic carbocycles. The second kappa shape index (κ2) is 12.8. The molecule has 1 atom stereocenters. The van der Waals surface area contributed by atoms with E-state index in [9.17, 15) is 18.0 Å². The van der Waals surface area contributed by atoms with Gasteiger partial charge < -0.3 is 10.2 Å². The summed E-state index contributed by atoms with van der Waals surface area (Å²) in [5.74, 6) is -0.971. The molecule has 3 rings (SSSR count). The summed E-state index contributed by atoms with van der Waals surface area (Å²) in [5, 5.41) is 3.75. The fourth-order valence-corrected chi connectivity index (χ4v) is 5.42. The summed E-state index contributed by atoms with van der Waals surface area (Å²) < 4.78 is 27.1. The second-order valence-electron chi connectivity index (χ2n) is 8.29. The van der Waals surface area contributed by atoms with Crippen LogP contribution in [-0.2, 0) is 32.6 Å². The smallest absolute Gasteiger partial charge is 0.243 e. The predicted molar refractivity (Wildman–Crippen MR) is 146 cm³/mol. The Labute approximate surface area is 232 Å². The molecule has 3 aromatic rings. The first-order chi connectivity index (χ1) is 17.5. The molecule has 0 aliphatic carbocycles. The van der Waals surface area contributed by atoms with Crippen LogP contribution in [0.4, 0.5) is 0 Å². The number of rotatable bonds is 10. The zero-order valence-electron chi connectivity index (χ0n) is 20.2. The Balaban J connectivity index is 1.96. The fourth-order valence-electron chi connectivity index (χ4n) is 3.71. The maximum absolute atomic E-state index is 13.7. The minimum absolute atomic E-state index is 0.00775. The highest BCUT2D eigenvalue weighted by molar-refractivity contribution is 7.89. The van der Waals surface area contributed by atoms with Crippen molar-refractivity contribution in [3.63, 3.8) is 0 Å². The molecule has 0 aliphatic rings. The average Bonchev–Trinajstić information content (AvgIpc) is 2.87. The van der Waals surface area contributed by atoms with Crippen molar-refractivity contribution in [1.29, 1.82) is 0 Å². The Bertz CT molecular complexity index is 1350. The monoisotopic (exact) mass is 581 g/mol. The van der Waals surface area contributed by atoms with Crippen LogP contribution in [0.25, 0.3) is 0 Å². The van der Waals surface area contributed by atoms with Crippen molar-refractivity contribution >= 4 is 56.6 Å². The van der Waals surface area contributed by atoms with Gasteiger partial charge in [-0.2, -0.15) is 4.31 Å². The molecular formula is C26H26Cl3N3O4S. The first kappa shape index (κ1) is 28.9. The van der Waals surface area contributed by atoms with Gasteiger partial charge >= 0.3 is 0 Å². The molecule has 0 bridgehead atoms. The van der Waals surface area contributed by atoms with Crippen LogP contribution in [0.15, 0.2) is 77.7 Å². The van der Waals surface area contributed by atoms with Crippen LogP contribution >= 0.6 is 34.8 Å². The summed E-state index contributed by atoms with van der Waals surface area (Å²) in [6, 6.07) is 18.8. The number of halogens is 3. The number of sulfonamides is 1. The lowest BCUT2D eigenvalue weighted by Crippen LogP contribution is -2.52. The minimum Gasteiger partial charge on any atom is -0.357 e. The van der Waals surface area contributed by atoms with Gasteiger partial charge in [-0.15, -0.1) is 0 Å². The first-order valence-electron chi connectivity index (χ1n) is 11.2. The van der Waals surface area contributed by atoms with Crippen LogP contribution in [-0.4, -0.2) is 56.1 Å². The number of nitrogens with one attached hydrogen (secondary N) is 1. The van der Waals surface area contributed by atoms with E-state index in [1.54, 1.807) is 18.2 Å². The van der Waals surface area contributed by atoms with Gasteiger partial charge in [0, 0.05) is 42.1 Å². The highest BCUT2D eigenvalue weighted by atomic mass is 35.5. The summed E-state index contributed by atoms with van der Waals surface area (Å²) in [6.45, 7) is -0.535. The zero-order valence-corrected chi connectivity index (χ0v) is 23.3. The molecule has 0 heterocycles. The number of amides is 2. The third-order valence-electron chi connectivity index (χ3n) is 5.75. The Hall–Kier alpha value is -2.62. The van der Waals surface area contributed by atoms with Crippen LogP contribution in [0.3, 0.4) is 0 Å². The Morgan fingerprint density at radius 2 is 1.54 bits per heavy atom. The molecular weight excluding hydrogens is 557 g/mol.